The molecule has 0 amide bonds. The summed E-state index contributed by atoms with van der Waals surface area (Å²) in [6, 6.07) is 11.2. The largest absolute Gasteiger partial charge is 0.372 e. The third-order valence-electron chi connectivity index (χ3n) is 4.42. The van der Waals surface area contributed by atoms with Crippen LogP contribution in [0, 0.1) is 0 Å². The van der Waals surface area contributed by atoms with Crippen molar-refractivity contribution in [1.29, 1.82) is 0 Å². The van der Waals surface area contributed by atoms with E-state index in [-0.39, 0.29) is 18.3 Å². The van der Waals surface area contributed by atoms with Crippen LogP contribution in [0.15, 0.2) is 52.2 Å². The fourth-order valence-electron chi connectivity index (χ4n) is 3.24. The normalized spacial score (nSPS) is 28.8. The van der Waals surface area contributed by atoms with Gasteiger partial charge in [0.05, 0.1) is 19.3 Å². The molecular weight excluding hydrogens is 312 g/mol. The highest BCUT2D eigenvalue weighted by Crippen LogP contribution is 2.35. The summed E-state index contributed by atoms with van der Waals surface area (Å²) in [5, 5.41) is 0. The Morgan fingerprint density at radius 3 is 2.75 bits per heavy atom. The molecule has 2 fully saturated rings. The molecule has 2 aliphatic heterocycles. The Kier molecular flexibility index (Phi) is 4.05. The minimum absolute atomic E-state index is 0.128. The quantitative estimate of drug-likeness (QED) is 0.897. The smallest absolute Gasteiger partial charge is 0.330 e. The first-order valence-electron chi connectivity index (χ1n) is 7.95. The van der Waals surface area contributed by atoms with Gasteiger partial charge >= 0.3 is 5.69 Å². The minimum atomic E-state index is -0.476. The molecule has 0 saturated carbocycles. The van der Waals surface area contributed by atoms with Crippen LogP contribution in [0.5, 0.6) is 0 Å². The van der Waals surface area contributed by atoms with Crippen molar-refractivity contribution in [3.63, 3.8) is 0 Å². The number of H-pyrrole nitrogens is 1. The van der Waals surface area contributed by atoms with Crippen molar-refractivity contribution >= 4 is 0 Å². The number of ether oxygens (including phenoxy) is 3. The SMILES string of the molecule is O=c1ccn(C2CC3OCC(O2)C3OCc2ccccc2)c(=O)[nH]1. The molecule has 126 valence electrons. The summed E-state index contributed by atoms with van der Waals surface area (Å²) in [7, 11) is 0. The van der Waals surface area contributed by atoms with Crippen LogP contribution in [-0.2, 0) is 20.8 Å². The monoisotopic (exact) mass is 330 g/mol. The van der Waals surface area contributed by atoms with Gasteiger partial charge in [-0.2, -0.15) is 0 Å². The molecule has 1 aromatic carbocycles. The van der Waals surface area contributed by atoms with E-state index in [0.717, 1.165) is 5.56 Å². The topological polar surface area (TPSA) is 82.5 Å². The predicted molar refractivity (Wildman–Crippen MR) is 84.6 cm³/mol. The van der Waals surface area contributed by atoms with Crippen molar-refractivity contribution < 1.29 is 14.2 Å². The Balaban J connectivity index is 1.45. The fourth-order valence-corrected chi connectivity index (χ4v) is 3.24. The van der Waals surface area contributed by atoms with Gasteiger partial charge in [-0.25, -0.2) is 4.79 Å². The maximum atomic E-state index is 11.9. The first-order chi connectivity index (χ1) is 11.7. The number of hydrogen-bond acceptors (Lipinski definition) is 5. The number of hydrogen-bond donors (Lipinski definition) is 1. The predicted octanol–water partition coefficient (Wildman–Crippen LogP) is 0.808. The average molecular weight is 330 g/mol. The molecule has 7 heteroatoms. The Morgan fingerprint density at radius 2 is 2.00 bits per heavy atom. The van der Waals surface area contributed by atoms with Gasteiger partial charge in [-0.05, 0) is 5.56 Å². The Morgan fingerprint density at radius 1 is 1.17 bits per heavy atom. The molecule has 4 rings (SSSR count). The lowest BCUT2D eigenvalue weighted by atomic mass is 10.0. The molecule has 4 atom stereocenters. The third-order valence-corrected chi connectivity index (χ3v) is 4.42. The number of aromatic amines is 1. The molecule has 4 unspecified atom stereocenters. The third kappa shape index (κ3) is 2.93. The van der Waals surface area contributed by atoms with Gasteiger partial charge < -0.3 is 14.2 Å². The average Bonchev–Trinajstić information content (AvgIpc) is 2.82. The van der Waals surface area contributed by atoms with E-state index in [1.807, 2.05) is 30.3 Å². The standard InChI is InChI=1S/C17H18N2O5/c20-14-6-7-19(17(21)18-14)15-8-12-16(13(24-15)10-22-12)23-9-11-4-2-1-3-5-11/h1-7,12-13,15-16H,8-10H2,(H,18,20,21). The summed E-state index contributed by atoms with van der Waals surface area (Å²) in [4.78, 5) is 25.3. The number of benzene rings is 1. The summed E-state index contributed by atoms with van der Waals surface area (Å²) in [6.07, 6.45) is 0.995. The molecule has 2 bridgehead atoms. The van der Waals surface area contributed by atoms with Crippen molar-refractivity contribution in [2.75, 3.05) is 6.61 Å². The van der Waals surface area contributed by atoms with E-state index in [0.29, 0.717) is 19.6 Å². The molecule has 24 heavy (non-hydrogen) atoms. The van der Waals surface area contributed by atoms with E-state index in [9.17, 15) is 9.59 Å². The van der Waals surface area contributed by atoms with Crippen LogP contribution in [-0.4, -0.2) is 34.5 Å². The highest BCUT2D eigenvalue weighted by atomic mass is 16.6. The molecule has 3 heterocycles. The van der Waals surface area contributed by atoms with Crippen molar-refractivity contribution in [3.8, 4) is 0 Å². The molecule has 0 aliphatic carbocycles. The molecule has 1 aromatic heterocycles. The number of aromatic nitrogens is 2. The van der Waals surface area contributed by atoms with E-state index >= 15 is 0 Å². The molecule has 0 radical (unpaired) electrons. The van der Waals surface area contributed by atoms with Gasteiger partial charge in [-0.15, -0.1) is 0 Å². The maximum Gasteiger partial charge on any atom is 0.330 e. The van der Waals surface area contributed by atoms with E-state index in [4.69, 9.17) is 14.2 Å². The zero-order valence-corrected chi connectivity index (χ0v) is 13.0. The van der Waals surface area contributed by atoms with Crippen molar-refractivity contribution in [3.05, 3.63) is 69.0 Å². The number of nitrogens with zero attached hydrogens (tertiary/aromatic N) is 1. The summed E-state index contributed by atoms with van der Waals surface area (Å²) in [5.74, 6) is 0. The number of nitrogens with one attached hydrogen (secondary N) is 1. The van der Waals surface area contributed by atoms with E-state index < -0.39 is 17.5 Å². The van der Waals surface area contributed by atoms with E-state index in [1.165, 1.54) is 16.8 Å². The minimum Gasteiger partial charge on any atom is -0.372 e. The lowest BCUT2D eigenvalue weighted by Gasteiger charge is -2.34. The first kappa shape index (κ1) is 15.3. The molecule has 7 nitrogen and oxygen atoms in total. The van der Waals surface area contributed by atoms with Crippen LogP contribution in [0.1, 0.15) is 18.2 Å². The highest BCUT2D eigenvalue weighted by molar-refractivity contribution is 5.13. The Hall–Kier alpha value is -2.22. The van der Waals surface area contributed by atoms with Crippen LogP contribution in [0.4, 0.5) is 0 Å². The lowest BCUT2D eigenvalue weighted by Crippen LogP contribution is -2.45. The highest BCUT2D eigenvalue weighted by Gasteiger charge is 2.46. The zero-order valence-electron chi connectivity index (χ0n) is 13.0. The second-order valence-electron chi connectivity index (χ2n) is 6.02. The van der Waals surface area contributed by atoms with Gasteiger partial charge in [0, 0.05) is 18.7 Å². The Labute approximate surface area is 137 Å². The molecule has 0 spiro atoms. The lowest BCUT2D eigenvalue weighted by molar-refractivity contribution is -0.158. The summed E-state index contributed by atoms with van der Waals surface area (Å²) >= 11 is 0. The summed E-state index contributed by atoms with van der Waals surface area (Å²) in [5.41, 5.74) is 0.196. The molecule has 1 N–H and O–H groups in total. The van der Waals surface area contributed by atoms with Crippen LogP contribution in [0.2, 0.25) is 0 Å². The van der Waals surface area contributed by atoms with E-state index in [1.54, 1.807) is 0 Å². The van der Waals surface area contributed by atoms with Gasteiger partial charge in [0.1, 0.15) is 18.4 Å². The Bertz CT molecular complexity index is 801. The van der Waals surface area contributed by atoms with Gasteiger partial charge in [0.2, 0.25) is 0 Å². The number of rotatable bonds is 4. The molecule has 2 aliphatic rings. The van der Waals surface area contributed by atoms with Gasteiger partial charge in [-0.3, -0.25) is 14.3 Å². The number of fused-ring (bicyclic) bond motifs is 2. The van der Waals surface area contributed by atoms with Gasteiger partial charge in [0.25, 0.3) is 5.56 Å². The summed E-state index contributed by atoms with van der Waals surface area (Å²) < 4.78 is 19.1. The fraction of sp³-hybridized carbons (Fsp3) is 0.412. The van der Waals surface area contributed by atoms with Crippen molar-refractivity contribution in [2.45, 2.75) is 37.6 Å². The molecular formula is C17H18N2O5. The van der Waals surface area contributed by atoms with Gasteiger partial charge in [0.15, 0.2) is 0 Å². The second-order valence-corrected chi connectivity index (χ2v) is 6.02. The second kappa shape index (κ2) is 6.35. The first-order valence-corrected chi connectivity index (χ1v) is 7.95. The van der Waals surface area contributed by atoms with Crippen LogP contribution >= 0.6 is 0 Å². The zero-order chi connectivity index (χ0) is 16.5. The van der Waals surface area contributed by atoms with Crippen molar-refractivity contribution in [2.24, 2.45) is 0 Å². The van der Waals surface area contributed by atoms with Crippen LogP contribution in [0.25, 0.3) is 0 Å². The molecule has 2 aromatic rings. The summed E-state index contributed by atoms with van der Waals surface area (Å²) in [6.45, 7) is 0.938. The molecule has 2 saturated heterocycles. The van der Waals surface area contributed by atoms with Crippen LogP contribution in [0.3, 0.4) is 0 Å². The van der Waals surface area contributed by atoms with Crippen molar-refractivity contribution in [1.82, 2.24) is 9.55 Å². The maximum absolute atomic E-state index is 11.9. The van der Waals surface area contributed by atoms with E-state index in [2.05, 4.69) is 4.98 Å². The van der Waals surface area contributed by atoms with Crippen LogP contribution < -0.4 is 11.2 Å². The van der Waals surface area contributed by atoms with Gasteiger partial charge in [-0.1, -0.05) is 30.3 Å².